The molecule has 11 heavy (non-hydrogen) atoms. The fourth-order valence-electron chi connectivity index (χ4n) is 1.04. The van der Waals surface area contributed by atoms with Gasteiger partial charge in [-0.1, -0.05) is 0 Å². The second kappa shape index (κ2) is 1.95. The van der Waals surface area contributed by atoms with Crippen LogP contribution in [0.15, 0.2) is 18.5 Å². The van der Waals surface area contributed by atoms with Crippen molar-refractivity contribution in [2.24, 2.45) is 0 Å². The van der Waals surface area contributed by atoms with Crippen LogP contribution in [0.5, 0.6) is 0 Å². The topological polar surface area (TPSA) is 54.7 Å². The number of nitrogens with one attached hydrogen (secondary N) is 1. The zero-order chi connectivity index (χ0) is 7.84. The van der Waals surface area contributed by atoms with Gasteiger partial charge < -0.3 is 10.7 Å². The molecular weight excluding hydrogens is 145 g/mol. The molecule has 0 aliphatic heterocycles. The van der Waals surface area contributed by atoms with Gasteiger partial charge in [-0.15, -0.1) is 0 Å². The highest BCUT2D eigenvalue weighted by atomic mass is 19.1. The predicted molar refractivity (Wildman–Crippen MR) is 40.5 cm³/mol. The second-order valence-electron chi connectivity index (χ2n) is 2.26. The van der Waals surface area contributed by atoms with Gasteiger partial charge in [-0.25, -0.2) is 9.37 Å². The van der Waals surface area contributed by atoms with Crippen molar-refractivity contribution in [3.05, 3.63) is 24.3 Å². The van der Waals surface area contributed by atoms with E-state index in [0.717, 1.165) is 6.20 Å². The molecular formula is C7H6FN3. The molecule has 2 aromatic rings. The maximum Gasteiger partial charge on any atom is 0.151 e. The number of aromatic amines is 1. The maximum absolute atomic E-state index is 12.9. The van der Waals surface area contributed by atoms with E-state index < -0.39 is 0 Å². The molecule has 0 saturated carbocycles. The van der Waals surface area contributed by atoms with Gasteiger partial charge in [0.15, 0.2) is 5.82 Å². The Morgan fingerprint density at radius 2 is 2.36 bits per heavy atom. The average Bonchev–Trinajstić information content (AvgIpc) is 2.45. The van der Waals surface area contributed by atoms with Crippen molar-refractivity contribution in [2.45, 2.75) is 0 Å². The van der Waals surface area contributed by atoms with Crippen LogP contribution in [-0.4, -0.2) is 9.97 Å². The summed E-state index contributed by atoms with van der Waals surface area (Å²) in [5.74, 6) is -0.0261. The van der Waals surface area contributed by atoms with Crippen LogP contribution in [0.1, 0.15) is 0 Å². The fraction of sp³-hybridized carbons (Fsp3) is 0. The van der Waals surface area contributed by atoms with Gasteiger partial charge in [-0.2, -0.15) is 0 Å². The molecule has 0 saturated heterocycles. The first-order chi connectivity index (χ1) is 5.29. The first-order valence-electron chi connectivity index (χ1n) is 3.16. The largest absolute Gasteiger partial charge is 0.382 e. The van der Waals surface area contributed by atoms with Crippen LogP contribution >= 0.6 is 0 Å². The summed E-state index contributed by atoms with van der Waals surface area (Å²) in [4.78, 5) is 6.45. The Kier molecular flexibility index (Phi) is 1.09. The highest BCUT2D eigenvalue weighted by Gasteiger charge is 2.04. The van der Waals surface area contributed by atoms with E-state index in [1.807, 2.05) is 0 Å². The molecule has 56 valence electrons. The fourth-order valence-corrected chi connectivity index (χ4v) is 1.04. The summed E-state index contributed by atoms with van der Waals surface area (Å²) in [5.41, 5.74) is 6.02. The SMILES string of the molecule is Nc1ncc(F)c2cc[nH]c12. The average molecular weight is 151 g/mol. The van der Waals surface area contributed by atoms with E-state index in [9.17, 15) is 4.39 Å². The lowest BCUT2D eigenvalue weighted by Crippen LogP contribution is -1.92. The molecule has 2 rings (SSSR count). The molecule has 0 fully saturated rings. The Bertz CT molecular complexity index is 357. The van der Waals surface area contributed by atoms with Crippen LogP contribution in [0.25, 0.3) is 10.9 Å². The lowest BCUT2D eigenvalue weighted by Gasteiger charge is -1.94. The number of aromatic nitrogens is 2. The van der Waals surface area contributed by atoms with Crippen molar-refractivity contribution in [3.8, 4) is 0 Å². The quantitative estimate of drug-likeness (QED) is 0.596. The minimum absolute atomic E-state index is 0.325. The third kappa shape index (κ3) is 0.756. The molecule has 0 spiro atoms. The number of nitrogens with two attached hydrogens (primary N) is 1. The van der Waals surface area contributed by atoms with Crippen LogP contribution in [0.4, 0.5) is 10.2 Å². The first-order valence-corrected chi connectivity index (χ1v) is 3.16. The number of nitrogens with zero attached hydrogens (tertiary/aromatic N) is 1. The van der Waals surface area contributed by atoms with Gasteiger partial charge in [0.2, 0.25) is 0 Å². The van der Waals surface area contributed by atoms with Crippen LogP contribution < -0.4 is 5.73 Å². The Labute approximate surface area is 62.0 Å². The highest BCUT2D eigenvalue weighted by molar-refractivity contribution is 5.87. The highest BCUT2D eigenvalue weighted by Crippen LogP contribution is 2.18. The number of anilines is 1. The molecule has 0 aromatic carbocycles. The van der Waals surface area contributed by atoms with Crippen molar-refractivity contribution in [2.75, 3.05) is 5.73 Å². The summed E-state index contributed by atoms with van der Waals surface area (Å²) in [7, 11) is 0. The molecule has 2 heterocycles. The van der Waals surface area contributed by atoms with Gasteiger partial charge >= 0.3 is 0 Å². The number of fused-ring (bicyclic) bond motifs is 1. The van der Waals surface area contributed by atoms with Crippen molar-refractivity contribution >= 4 is 16.7 Å². The van der Waals surface area contributed by atoms with E-state index in [4.69, 9.17) is 5.73 Å². The van der Waals surface area contributed by atoms with Crippen LogP contribution in [0.2, 0.25) is 0 Å². The van der Waals surface area contributed by atoms with Gasteiger partial charge in [0.05, 0.1) is 11.7 Å². The second-order valence-corrected chi connectivity index (χ2v) is 2.26. The zero-order valence-corrected chi connectivity index (χ0v) is 5.63. The summed E-state index contributed by atoms with van der Waals surface area (Å²) in [6, 6.07) is 1.63. The van der Waals surface area contributed by atoms with Gasteiger partial charge in [-0.3, -0.25) is 0 Å². The number of nitrogen functional groups attached to an aromatic ring is 1. The van der Waals surface area contributed by atoms with Crippen molar-refractivity contribution in [3.63, 3.8) is 0 Å². The zero-order valence-electron chi connectivity index (χ0n) is 5.63. The van der Waals surface area contributed by atoms with Crippen molar-refractivity contribution in [1.29, 1.82) is 0 Å². The molecule has 0 amide bonds. The summed E-state index contributed by atoms with van der Waals surface area (Å²) in [6.07, 6.45) is 2.75. The molecule has 0 radical (unpaired) electrons. The number of hydrogen-bond donors (Lipinski definition) is 2. The maximum atomic E-state index is 12.9. The molecule has 0 atom stereocenters. The molecule has 0 aliphatic carbocycles. The Morgan fingerprint density at radius 1 is 1.55 bits per heavy atom. The molecule has 0 aliphatic rings. The number of H-pyrrole nitrogens is 1. The van der Waals surface area contributed by atoms with Gasteiger partial charge in [0.1, 0.15) is 5.82 Å². The predicted octanol–water partition coefficient (Wildman–Crippen LogP) is 1.28. The molecule has 2 aromatic heterocycles. The molecule has 4 heteroatoms. The Morgan fingerprint density at radius 3 is 3.09 bits per heavy atom. The monoisotopic (exact) mass is 151 g/mol. The Hall–Kier alpha value is -1.58. The molecule has 0 bridgehead atoms. The smallest absolute Gasteiger partial charge is 0.151 e. The van der Waals surface area contributed by atoms with Crippen molar-refractivity contribution < 1.29 is 4.39 Å². The third-order valence-corrected chi connectivity index (χ3v) is 1.58. The van der Waals surface area contributed by atoms with Crippen LogP contribution in [0, 0.1) is 5.82 Å². The number of pyridine rings is 1. The minimum atomic E-state index is -0.351. The number of halogens is 1. The van der Waals surface area contributed by atoms with E-state index >= 15 is 0 Å². The van der Waals surface area contributed by atoms with Crippen molar-refractivity contribution in [1.82, 2.24) is 9.97 Å². The van der Waals surface area contributed by atoms with E-state index in [1.165, 1.54) is 0 Å². The van der Waals surface area contributed by atoms with Crippen LogP contribution in [-0.2, 0) is 0 Å². The summed E-state index contributed by atoms with van der Waals surface area (Å²) < 4.78 is 12.9. The first kappa shape index (κ1) is 6.15. The van der Waals surface area contributed by atoms with Gasteiger partial charge in [0, 0.05) is 11.6 Å². The van der Waals surface area contributed by atoms with E-state index in [2.05, 4.69) is 9.97 Å². The molecule has 0 unspecified atom stereocenters. The number of hydrogen-bond acceptors (Lipinski definition) is 2. The standard InChI is InChI=1S/C7H6FN3/c8-5-3-11-7(9)6-4(5)1-2-10-6/h1-3,10H,(H2,9,11). The normalized spacial score (nSPS) is 10.6. The summed E-state index contributed by atoms with van der Waals surface area (Å²) >= 11 is 0. The minimum Gasteiger partial charge on any atom is -0.382 e. The van der Waals surface area contributed by atoms with Gasteiger partial charge in [0.25, 0.3) is 0 Å². The molecule has 3 nitrogen and oxygen atoms in total. The van der Waals surface area contributed by atoms with Crippen LogP contribution in [0.3, 0.4) is 0 Å². The molecule has 3 N–H and O–H groups in total. The summed E-state index contributed by atoms with van der Waals surface area (Å²) in [5, 5.41) is 0.484. The van der Waals surface area contributed by atoms with E-state index in [-0.39, 0.29) is 5.82 Å². The number of rotatable bonds is 0. The summed E-state index contributed by atoms with van der Waals surface area (Å²) in [6.45, 7) is 0. The van der Waals surface area contributed by atoms with E-state index in [1.54, 1.807) is 12.3 Å². The lowest BCUT2D eigenvalue weighted by molar-refractivity contribution is 0.634. The lowest BCUT2D eigenvalue weighted by atomic mass is 10.3. The third-order valence-electron chi connectivity index (χ3n) is 1.58. The van der Waals surface area contributed by atoms with Gasteiger partial charge in [-0.05, 0) is 6.07 Å². The van der Waals surface area contributed by atoms with E-state index in [0.29, 0.717) is 16.7 Å². The Balaban J connectivity index is 2.96.